The number of hydrogen-bond donors (Lipinski definition) is 0. The molecule has 0 amide bonds. The fourth-order valence-electron chi connectivity index (χ4n) is 1.83. The Labute approximate surface area is 99.3 Å². The highest BCUT2D eigenvalue weighted by molar-refractivity contribution is 5.88. The largest absolute Gasteiger partial charge is 0.472 e. The van der Waals surface area contributed by atoms with Gasteiger partial charge in [-0.1, -0.05) is 36.4 Å². The smallest absolute Gasteiger partial charge is 0.165 e. The Morgan fingerprint density at radius 1 is 1.06 bits per heavy atom. The minimum Gasteiger partial charge on any atom is -0.472 e. The number of fused-ring (bicyclic) bond motifs is 1. The van der Waals surface area contributed by atoms with Crippen molar-refractivity contribution < 1.29 is 4.74 Å². The number of rotatable bonds is 3. The summed E-state index contributed by atoms with van der Waals surface area (Å²) in [5.41, 5.74) is 0. The predicted molar refractivity (Wildman–Crippen MR) is 66.8 cm³/mol. The van der Waals surface area contributed by atoms with Gasteiger partial charge in [-0.15, -0.1) is 0 Å². The van der Waals surface area contributed by atoms with Crippen LogP contribution in [0.2, 0.25) is 0 Å². The zero-order chi connectivity index (χ0) is 11.5. The van der Waals surface area contributed by atoms with Gasteiger partial charge in [0.15, 0.2) is 6.73 Å². The van der Waals surface area contributed by atoms with E-state index < -0.39 is 0 Å². The normalized spacial score (nSPS) is 10.6. The molecule has 3 heteroatoms. The average molecular weight is 224 g/mol. The van der Waals surface area contributed by atoms with Gasteiger partial charge in [0.2, 0.25) is 0 Å². The molecule has 0 bridgehead atoms. The summed E-state index contributed by atoms with van der Waals surface area (Å²) in [5, 5.41) is 2.32. The summed E-state index contributed by atoms with van der Waals surface area (Å²) >= 11 is 0. The van der Waals surface area contributed by atoms with Crippen LogP contribution in [0.1, 0.15) is 0 Å². The van der Waals surface area contributed by atoms with E-state index in [1.54, 1.807) is 12.5 Å². The molecule has 84 valence electrons. The van der Waals surface area contributed by atoms with Crippen molar-refractivity contribution in [2.24, 2.45) is 0 Å². The maximum absolute atomic E-state index is 5.79. The van der Waals surface area contributed by atoms with Crippen molar-refractivity contribution in [2.75, 3.05) is 0 Å². The van der Waals surface area contributed by atoms with E-state index in [1.807, 2.05) is 35.0 Å². The molecule has 3 nitrogen and oxygen atoms in total. The molecule has 17 heavy (non-hydrogen) atoms. The standard InChI is InChI=1S/C14H12N2O/c1-2-6-13-12(4-1)5-3-7-14(13)17-11-16-9-8-15-10-16/h1-10H,11H2. The summed E-state index contributed by atoms with van der Waals surface area (Å²) in [5.74, 6) is 0.900. The second-order valence-electron chi connectivity index (χ2n) is 3.83. The van der Waals surface area contributed by atoms with Crippen LogP contribution in [0.5, 0.6) is 5.75 Å². The van der Waals surface area contributed by atoms with Crippen molar-refractivity contribution in [3.63, 3.8) is 0 Å². The Morgan fingerprint density at radius 2 is 1.94 bits per heavy atom. The summed E-state index contributed by atoms with van der Waals surface area (Å²) in [4.78, 5) is 3.98. The van der Waals surface area contributed by atoms with Gasteiger partial charge in [0.1, 0.15) is 5.75 Å². The van der Waals surface area contributed by atoms with Crippen LogP contribution in [0.25, 0.3) is 10.8 Å². The summed E-state index contributed by atoms with van der Waals surface area (Å²) in [6, 6.07) is 14.3. The number of ether oxygens (including phenoxy) is 1. The number of nitrogens with zero attached hydrogens (tertiary/aromatic N) is 2. The van der Waals surface area contributed by atoms with Crippen LogP contribution >= 0.6 is 0 Å². The predicted octanol–water partition coefficient (Wildman–Crippen LogP) is 3.07. The first-order chi connectivity index (χ1) is 8.43. The van der Waals surface area contributed by atoms with E-state index in [0.29, 0.717) is 6.73 Å². The Balaban J connectivity index is 1.90. The van der Waals surface area contributed by atoms with Gasteiger partial charge in [0.05, 0.1) is 6.33 Å². The Bertz CT molecular complexity index is 612. The number of aromatic nitrogens is 2. The molecule has 3 rings (SSSR count). The van der Waals surface area contributed by atoms with E-state index in [-0.39, 0.29) is 0 Å². The first kappa shape index (κ1) is 9.90. The lowest BCUT2D eigenvalue weighted by molar-refractivity contribution is 0.239. The highest BCUT2D eigenvalue weighted by Crippen LogP contribution is 2.25. The van der Waals surface area contributed by atoms with Crippen LogP contribution in [-0.4, -0.2) is 9.55 Å². The fourth-order valence-corrected chi connectivity index (χ4v) is 1.83. The van der Waals surface area contributed by atoms with Crippen molar-refractivity contribution in [3.8, 4) is 5.75 Å². The lowest BCUT2D eigenvalue weighted by Crippen LogP contribution is -2.02. The molecule has 3 aromatic rings. The van der Waals surface area contributed by atoms with Crippen LogP contribution in [0.4, 0.5) is 0 Å². The first-order valence-electron chi connectivity index (χ1n) is 5.50. The van der Waals surface area contributed by atoms with E-state index in [1.165, 1.54) is 5.39 Å². The SMILES string of the molecule is c1ccc2c(OCn3ccnc3)cccc2c1. The first-order valence-corrected chi connectivity index (χ1v) is 5.50. The van der Waals surface area contributed by atoms with Crippen LogP contribution in [-0.2, 0) is 6.73 Å². The van der Waals surface area contributed by atoms with Crippen LogP contribution in [0.15, 0.2) is 61.2 Å². The van der Waals surface area contributed by atoms with Crippen molar-refractivity contribution in [3.05, 3.63) is 61.2 Å². The van der Waals surface area contributed by atoms with Gasteiger partial charge in [-0.05, 0) is 11.5 Å². The molecule has 0 atom stereocenters. The molecule has 0 saturated carbocycles. The fraction of sp³-hybridized carbons (Fsp3) is 0.0714. The molecule has 0 unspecified atom stereocenters. The summed E-state index contributed by atoms with van der Waals surface area (Å²) < 4.78 is 7.68. The zero-order valence-corrected chi connectivity index (χ0v) is 9.28. The van der Waals surface area contributed by atoms with E-state index in [4.69, 9.17) is 4.74 Å². The molecule has 0 aliphatic heterocycles. The Hall–Kier alpha value is -2.29. The molecule has 0 N–H and O–H groups in total. The van der Waals surface area contributed by atoms with Crippen molar-refractivity contribution in [2.45, 2.75) is 6.73 Å². The monoisotopic (exact) mass is 224 g/mol. The maximum Gasteiger partial charge on any atom is 0.165 e. The zero-order valence-electron chi connectivity index (χ0n) is 9.28. The van der Waals surface area contributed by atoms with Crippen LogP contribution in [0.3, 0.4) is 0 Å². The van der Waals surface area contributed by atoms with E-state index in [0.717, 1.165) is 11.1 Å². The third-order valence-corrected chi connectivity index (χ3v) is 2.68. The minimum atomic E-state index is 0.480. The molecule has 2 aromatic carbocycles. The second-order valence-corrected chi connectivity index (χ2v) is 3.83. The summed E-state index contributed by atoms with van der Waals surface area (Å²) in [6.07, 6.45) is 5.36. The van der Waals surface area contributed by atoms with Gasteiger partial charge in [0, 0.05) is 17.8 Å². The van der Waals surface area contributed by atoms with Gasteiger partial charge in [0.25, 0.3) is 0 Å². The number of imidazole rings is 1. The van der Waals surface area contributed by atoms with Gasteiger partial charge >= 0.3 is 0 Å². The molecule has 1 aromatic heterocycles. The topological polar surface area (TPSA) is 27.1 Å². The van der Waals surface area contributed by atoms with Crippen LogP contribution < -0.4 is 4.74 Å². The molecule has 0 saturated heterocycles. The highest BCUT2D eigenvalue weighted by atomic mass is 16.5. The quantitative estimate of drug-likeness (QED) is 0.683. The van der Waals surface area contributed by atoms with Crippen molar-refractivity contribution >= 4 is 10.8 Å². The lowest BCUT2D eigenvalue weighted by atomic mass is 10.1. The van der Waals surface area contributed by atoms with Gasteiger partial charge in [-0.3, -0.25) is 0 Å². The Morgan fingerprint density at radius 3 is 2.82 bits per heavy atom. The maximum atomic E-state index is 5.79. The highest BCUT2D eigenvalue weighted by Gasteiger charge is 2.00. The van der Waals surface area contributed by atoms with E-state index >= 15 is 0 Å². The van der Waals surface area contributed by atoms with Crippen molar-refractivity contribution in [1.82, 2.24) is 9.55 Å². The van der Waals surface area contributed by atoms with Gasteiger partial charge in [-0.2, -0.15) is 0 Å². The molecule has 0 aliphatic rings. The van der Waals surface area contributed by atoms with E-state index in [2.05, 4.69) is 23.2 Å². The van der Waals surface area contributed by atoms with E-state index in [9.17, 15) is 0 Å². The molecule has 1 heterocycles. The third-order valence-electron chi connectivity index (χ3n) is 2.68. The molecule has 0 radical (unpaired) electrons. The molecular weight excluding hydrogens is 212 g/mol. The minimum absolute atomic E-state index is 0.480. The lowest BCUT2D eigenvalue weighted by Gasteiger charge is -2.09. The van der Waals surface area contributed by atoms with Crippen LogP contribution in [0, 0.1) is 0 Å². The number of benzene rings is 2. The van der Waals surface area contributed by atoms with Gasteiger partial charge < -0.3 is 9.30 Å². The molecule has 0 aliphatic carbocycles. The number of hydrogen-bond acceptors (Lipinski definition) is 2. The van der Waals surface area contributed by atoms with Gasteiger partial charge in [-0.25, -0.2) is 4.98 Å². The second kappa shape index (κ2) is 4.29. The van der Waals surface area contributed by atoms with Crippen molar-refractivity contribution in [1.29, 1.82) is 0 Å². The average Bonchev–Trinajstić information content (AvgIpc) is 2.89. The Kier molecular flexibility index (Phi) is 2.50. The molecular formula is C14H12N2O. The summed E-state index contributed by atoms with van der Waals surface area (Å²) in [7, 11) is 0. The third kappa shape index (κ3) is 1.99. The molecule has 0 spiro atoms. The molecule has 0 fully saturated rings. The summed E-state index contributed by atoms with van der Waals surface area (Å²) in [6.45, 7) is 0.480.